The van der Waals surface area contributed by atoms with Crippen LogP contribution in [-0.2, 0) is 9.53 Å². The Hall–Kier alpha value is -2.15. The van der Waals surface area contributed by atoms with Gasteiger partial charge in [0.05, 0.1) is 0 Å². The van der Waals surface area contributed by atoms with E-state index in [4.69, 9.17) is 4.74 Å². The van der Waals surface area contributed by atoms with Crippen molar-refractivity contribution in [1.82, 2.24) is 9.80 Å². The summed E-state index contributed by atoms with van der Waals surface area (Å²) in [5, 5.41) is 2.73. The molecule has 1 fully saturated rings. The zero-order chi connectivity index (χ0) is 17.4. The third-order valence-electron chi connectivity index (χ3n) is 3.90. The molecular formula is C17H24FN3O3. The van der Waals surface area contributed by atoms with Crippen molar-refractivity contribution in [3.63, 3.8) is 0 Å². The first-order chi connectivity index (χ1) is 11.6. The van der Waals surface area contributed by atoms with Gasteiger partial charge in [0.2, 0.25) is 5.91 Å². The second kappa shape index (κ2) is 9.22. The van der Waals surface area contributed by atoms with Crippen molar-refractivity contribution in [2.24, 2.45) is 0 Å². The average Bonchev–Trinajstić information content (AvgIpc) is 2.60. The first-order valence-electron chi connectivity index (χ1n) is 8.27. The van der Waals surface area contributed by atoms with Gasteiger partial charge in [0.25, 0.3) is 0 Å². The minimum Gasteiger partial charge on any atom is -0.382 e. The molecule has 0 aliphatic carbocycles. The van der Waals surface area contributed by atoms with Gasteiger partial charge < -0.3 is 19.9 Å². The summed E-state index contributed by atoms with van der Waals surface area (Å²) >= 11 is 0. The number of piperazine rings is 1. The van der Waals surface area contributed by atoms with Gasteiger partial charge in [0, 0.05) is 51.5 Å². The molecule has 6 nitrogen and oxygen atoms in total. The van der Waals surface area contributed by atoms with Crippen LogP contribution in [0.4, 0.5) is 14.9 Å². The van der Waals surface area contributed by atoms with Crippen LogP contribution in [0.2, 0.25) is 0 Å². The predicted octanol–water partition coefficient (Wildman–Crippen LogP) is 2.32. The zero-order valence-corrected chi connectivity index (χ0v) is 14.0. The lowest BCUT2D eigenvalue weighted by Gasteiger charge is -2.34. The molecule has 0 unspecified atom stereocenters. The van der Waals surface area contributed by atoms with Crippen LogP contribution in [0.5, 0.6) is 0 Å². The summed E-state index contributed by atoms with van der Waals surface area (Å²) in [4.78, 5) is 27.7. The van der Waals surface area contributed by atoms with E-state index in [0.717, 1.165) is 6.42 Å². The maximum atomic E-state index is 12.9. The van der Waals surface area contributed by atoms with E-state index in [-0.39, 0.29) is 17.8 Å². The lowest BCUT2D eigenvalue weighted by atomic mass is 10.2. The number of halogens is 1. The van der Waals surface area contributed by atoms with Crippen LogP contribution < -0.4 is 5.32 Å². The standard InChI is InChI=1S/C17H24FN3O3/c1-2-24-13-3-4-16(22)20-9-11-21(12-10-20)17(23)19-15-7-5-14(18)6-8-15/h5-8H,2-4,9-13H2,1H3,(H,19,23). The van der Waals surface area contributed by atoms with Crippen molar-refractivity contribution in [1.29, 1.82) is 0 Å². The second-order valence-electron chi connectivity index (χ2n) is 5.61. The van der Waals surface area contributed by atoms with Crippen molar-refractivity contribution in [3.05, 3.63) is 30.1 Å². The van der Waals surface area contributed by atoms with Crippen LogP contribution in [0.3, 0.4) is 0 Å². The molecule has 1 aliphatic rings. The number of urea groups is 1. The number of benzene rings is 1. The Balaban J connectivity index is 1.72. The largest absolute Gasteiger partial charge is 0.382 e. The first-order valence-corrected chi connectivity index (χ1v) is 8.27. The van der Waals surface area contributed by atoms with Crippen LogP contribution in [0.15, 0.2) is 24.3 Å². The third kappa shape index (κ3) is 5.49. The van der Waals surface area contributed by atoms with E-state index in [1.54, 1.807) is 9.80 Å². The molecule has 1 N–H and O–H groups in total. The monoisotopic (exact) mass is 337 g/mol. The topological polar surface area (TPSA) is 61.9 Å². The molecule has 1 aromatic carbocycles. The van der Waals surface area contributed by atoms with E-state index >= 15 is 0 Å². The van der Waals surface area contributed by atoms with Gasteiger partial charge in [-0.05, 0) is 37.6 Å². The number of hydrogen-bond acceptors (Lipinski definition) is 3. The Morgan fingerprint density at radius 2 is 1.75 bits per heavy atom. The highest BCUT2D eigenvalue weighted by molar-refractivity contribution is 5.89. The van der Waals surface area contributed by atoms with E-state index < -0.39 is 0 Å². The minimum atomic E-state index is -0.343. The van der Waals surface area contributed by atoms with Crippen LogP contribution in [0.25, 0.3) is 0 Å². The molecule has 0 saturated carbocycles. The number of hydrogen-bond donors (Lipinski definition) is 1. The number of amides is 3. The lowest BCUT2D eigenvalue weighted by Crippen LogP contribution is -2.51. The zero-order valence-electron chi connectivity index (χ0n) is 14.0. The molecule has 0 aromatic heterocycles. The highest BCUT2D eigenvalue weighted by atomic mass is 19.1. The predicted molar refractivity (Wildman–Crippen MR) is 89.3 cm³/mol. The highest BCUT2D eigenvalue weighted by Gasteiger charge is 2.23. The number of carbonyl (C=O) groups is 2. The van der Waals surface area contributed by atoms with Gasteiger partial charge >= 0.3 is 6.03 Å². The molecular weight excluding hydrogens is 313 g/mol. The number of ether oxygens (including phenoxy) is 1. The number of nitrogens with one attached hydrogen (secondary N) is 1. The van der Waals surface area contributed by atoms with Gasteiger partial charge in [0.1, 0.15) is 5.82 Å². The smallest absolute Gasteiger partial charge is 0.321 e. The van der Waals surface area contributed by atoms with E-state index in [0.29, 0.717) is 51.5 Å². The number of rotatable bonds is 6. The summed E-state index contributed by atoms with van der Waals surface area (Å²) in [6, 6.07) is 5.41. The van der Waals surface area contributed by atoms with Gasteiger partial charge in [-0.1, -0.05) is 0 Å². The second-order valence-corrected chi connectivity index (χ2v) is 5.61. The minimum absolute atomic E-state index is 0.105. The van der Waals surface area contributed by atoms with E-state index in [1.165, 1.54) is 24.3 Å². The Labute approximate surface area is 141 Å². The fourth-order valence-electron chi connectivity index (χ4n) is 2.52. The summed E-state index contributed by atoms with van der Waals surface area (Å²) in [7, 11) is 0. The molecule has 1 aromatic rings. The summed E-state index contributed by atoms with van der Waals surface area (Å²) in [5.74, 6) is -0.238. The number of nitrogens with zero attached hydrogens (tertiary/aromatic N) is 2. The average molecular weight is 337 g/mol. The lowest BCUT2D eigenvalue weighted by molar-refractivity contribution is -0.132. The molecule has 24 heavy (non-hydrogen) atoms. The van der Waals surface area contributed by atoms with Crippen LogP contribution in [0, 0.1) is 5.82 Å². The molecule has 3 amide bonds. The SMILES string of the molecule is CCOCCCC(=O)N1CCN(C(=O)Nc2ccc(F)cc2)CC1. The summed E-state index contributed by atoms with van der Waals surface area (Å²) < 4.78 is 18.1. The van der Waals surface area contributed by atoms with E-state index in [9.17, 15) is 14.0 Å². The molecule has 0 radical (unpaired) electrons. The van der Waals surface area contributed by atoms with E-state index in [2.05, 4.69) is 5.32 Å². The van der Waals surface area contributed by atoms with Gasteiger partial charge in [-0.3, -0.25) is 4.79 Å². The summed E-state index contributed by atoms with van der Waals surface area (Å²) in [5.41, 5.74) is 0.552. The molecule has 0 bridgehead atoms. The van der Waals surface area contributed by atoms with Gasteiger partial charge in [0.15, 0.2) is 0 Å². The van der Waals surface area contributed by atoms with Gasteiger partial charge in [-0.25, -0.2) is 9.18 Å². The van der Waals surface area contributed by atoms with Crippen molar-refractivity contribution >= 4 is 17.6 Å². The summed E-state index contributed by atoms with van der Waals surface area (Å²) in [6.45, 7) is 5.24. The normalized spacial score (nSPS) is 14.6. The van der Waals surface area contributed by atoms with Crippen LogP contribution in [0.1, 0.15) is 19.8 Å². The Morgan fingerprint density at radius 1 is 1.12 bits per heavy atom. The van der Waals surface area contributed by atoms with E-state index in [1.807, 2.05) is 6.92 Å². The maximum absolute atomic E-state index is 12.9. The van der Waals surface area contributed by atoms with Crippen LogP contribution in [-0.4, -0.2) is 61.1 Å². The summed E-state index contributed by atoms with van der Waals surface area (Å²) in [6.07, 6.45) is 1.19. The molecule has 0 atom stereocenters. The van der Waals surface area contributed by atoms with Gasteiger partial charge in [-0.2, -0.15) is 0 Å². The fraction of sp³-hybridized carbons (Fsp3) is 0.529. The maximum Gasteiger partial charge on any atom is 0.321 e. The Morgan fingerprint density at radius 3 is 2.38 bits per heavy atom. The highest BCUT2D eigenvalue weighted by Crippen LogP contribution is 2.11. The van der Waals surface area contributed by atoms with Crippen molar-refractivity contribution in [2.45, 2.75) is 19.8 Å². The Kier molecular flexibility index (Phi) is 6.99. The molecule has 1 aliphatic heterocycles. The third-order valence-corrected chi connectivity index (χ3v) is 3.90. The Bertz CT molecular complexity index is 543. The molecule has 7 heteroatoms. The molecule has 2 rings (SSSR count). The van der Waals surface area contributed by atoms with Crippen LogP contribution >= 0.6 is 0 Å². The van der Waals surface area contributed by atoms with Crippen molar-refractivity contribution in [2.75, 3.05) is 44.7 Å². The molecule has 132 valence electrons. The van der Waals surface area contributed by atoms with Gasteiger partial charge in [-0.15, -0.1) is 0 Å². The molecule has 1 heterocycles. The first kappa shape index (κ1) is 18.2. The molecule has 1 saturated heterocycles. The number of anilines is 1. The quantitative estimate of drug-likeness (QED) is 0.811. The fourth-order valence-corrected chi connectivity index (χ4v) is 2.52. The van der Waals surface area contributed by atoms with Crippen molar-refractivity contribution in [3.8, 4) is 0 Å². The van der Waals surface area contributed by atoms with Crippen molar-refractivity contribution < 1.29 is 18.7 Å². The molecule has 0 spiro atoms. The number of carbonyl (C=O) groups excluding carboxylic acids is 2.